The highest BCUT2D eigenvalue weighted by Gasteiger charge is 2.12. The minimum absolute atomic E-state index is 0.115. The predicted octanol–water partition coefficient (Wildman–Crippen LogP) is 2.12. The number of fused-ring (bicyclic) bond motifs is 1. The average molecular weight is 407 g/mol. The summed E-state index contributed by atoms with van der Waals surface area (Å²) in [4.78, 5) is 30.2. The number of rotatable bonds is 7. The molecule has 0 atom stereocenters. The average Bonchev–Trinajstić information content (AvgIpc) is 3.07. The van der Waals surface area contributed by atoms with Crippen LogP contribution >= 0.6 is 23.1 Å². The normalized spacial score (nSPS) is 10.7. The molecule has 0 fully saturated rings. The predicted molar refractivity (Wildman–Crippen MR) is 104 cm³/mol. The summed E-state index contributed by atoms with van der Waals surface area (Å²) in [6, 6.07) is 6.54. The van der Waals surface area contributed by atoms with Crippen molar-refractivity contribution in [2.24, 2.45) is 0 Å². The number of hydrogen-bond acceptors (Lipinski definition) is 8. The van der Waals surface area contributed by atoms with Gasteiger partial charge in [-0.2, -0.15) is 0 Å². The molecule has 3 N–H and O–H groups in total. The number of pyridine rings is 1. The quantitative estimate of drug-likeness (QED) is 0.514. The molecular formula is C17H17N3O5S2. The zero-order chi connectivity index (χ0) is 19.4. The van der Waals surface area contributed by atoms with Gasteiger partial charge < -0.3 is 24.9 Å². The number of thiazole rings is 1. The van der Waals surface area contributed by atoms with E-state index in [9.17, 15) is 14.7 Å². The number of thioether (sulfide) groups is 1. The van der Waals surface area contributed by atoms with Crippen LogP contribution < -0.4 is 20.3 Å². The summed E-state index contributed by atoms with van der Waals surface area (Å²) < 4.78 is 11.5. The second kappa shape index (κ2) is 8.31. The highest BCUT2D eigenvalue weighted by atomic mass is 32.2. The first kappa shape index (κ1) is 19.1. The molecule has 3 aromatic rings. The summed E-state index contributed by atoms with van der Waals surface area (Å²) in [6.07, 6.45) is 0. The van der Waals surface area contributed by atoms with E-state index in [0.717, 1.165) is 11.6 Å². The number of carbonyl (C=O) groups excluding carboxylic acids is 1. The fraction of sp³-hybridized carbons (Fsp3) is 0.235. The van der Waals surface area contributed by atoms with Gasteiger partial charge in [-0.05, 0) is 17.7 Å². The van der Waals surface area contributed by atoms with E-state index in [1.54, 1.807) is 26.4 Å². The molecule has 27 heavy (non-hydrogen) atoms. The van der Waals surface area contributed by atoms with E-state index >= 15 is 0 Å². The third kappa shape index (κ3) is 4.52. The molecule has 0 aliphatic rings. The molecule has 10 heteroatoms. The lowest BCUT2D eigenvalue weighted by Crippen LogP contribution is -2.24. The zero-order valence-electron chi connectivity index (χ0n) is 14.6. The van der Waals surface area contributed by atoms with Crippen LogP contribution in [0.5, 0.6) is 17.2 Å². The number of aromatic nitrogens is 2. The van der Waals surface area contributed by atoms with Crippen LogP contribution in [0.15, 0.2) is 33.4 Å². The Morgan fingerprint density at radius 2 is 2.07 bits per heavy atom. The van der Waals surface area contributed by atoms with Crippen molar-refractivity contribution in [1.29, 1.82) is 0 Å². The van der Waals surface area contributed by atoms with E-state index in [1.165, 1.54) is 23.1 Å². The minimum atomic E-state index is -0.422. The van der Waals surface area contributed by atoms with Crippen molar-refractivity contribution in [2.45, 2.75) is 10.9 Å². The first-order valence-corrected chi connectivity index (χ1v) is 9.63. The van der Waals surface area contributed by atoms with Crippen LogP contribution in [0.3, 0.4) is 0 Å². The maximum absolute atomic E-state index is 12.1. The van der Waals surface area contributed by atoms with Gasteiger partial charge in [0.05, 0.1) is 20.0 Å². The molecule has 0 spiro atoms. The Morgan fingerprint density at radius 1 is 1.30 bits per heavy atom. The van der Waals surface area contributed by atoms with Crippen molar-refractivity contribution in [2.75, 3.05) is 20.0 Å². The number of H-pyrrole nitrogens is 1. The van der Waals surface area contributed by atoms with Crippen molar-refractivity contribution in [3.8, 4) is 17.2 Å². The van der Waals surface area contributed by atoms with Crippen LogP contribution in [-0.2, 0) is 11.3 Å². The fourth-order valence-corrected chi connectivity index (χ4v) is 4.18. The number of benzene rings is 1. The van der Waals surface area contributed by atoms with E-state index in [2.05, 4.69) is 15.3 Å². The maximum Gasteiger partial charge on any atom is 0.253 e. The lowest BCUT2D eigenvalue weighted by Gasteiger charge is -2.10. The summed E-state index contributed by atoms with van der Waals surface area (Å²) in [5.41, 5.74) is 0.779. The van der Waals surface area contributed by atoms with Gasteiger partial charge in [-0.3, -0.25) is 9.59 Å². The summed E-state index contributed by atoms with van der Waals surface area (Å²) in [7, 11) is 3.12. The molecule has 0 saturated carbocycles. The third-order valence-electron chi connectivity index (χ3n) is 3.61. The smallest absolute Gasteiger partial charge is 0.253 e. The second-order valence-corrected chi connectivity index (χ2v) is 7.65. The van der Waals surface area contributed by atoms with Gasteiger partial charge in [-0.25, -0.2) is 4.98 Å². The van der Waals surface area contributed by atoms with Crippen molar-refractivity contribution in [3.63, 3.8) is 0 Å². The number of aromatic amines is 1. The molecule has 8 nitrogen and oxygen atoms in total. The monoisotopic (exact) mass is 407 g/mol. The van der Waals surface area contributed by atoms with Crippen LogP contribution in [0.25, 0.3) is 10.3 Å². The Kier molecular flexibility index (Phi) is 5.87. The molecule has 2 aromatic heterocycles. The van der Waals surface area contributed by atoms with E-state index in [0.29, 0.717) is 32.7 Å². The SMILES string of the molecule is COc1ccc(CNC(=O)CSc2nc3[nH]c(=O)cc(O)c3s2)cc1OC. The standard InChI is InChI=1S/C17H17N3O5S2/c1-24-11-4-3-9(5-12(11)25-2)7-18-14(23)8-26-17-20-16-15(27-17)10(21)6-13(22)19-16/h3-6H,7-8H2,1-2H3,(H,18,23)(H2,19,21,22). The van der Waals surface area contributed by atoms with Crippen LogP contribution in [-0.4, -0.2) is 41.0 Å². The number of nitrogens with one attached hydrogen (secondary N) is 2. The van der Waals surface area contributed by atoms with Crippen molar-refractivity contribution >= 4 is 39.4 Å². The number of aromatic hydroxyl groups is 1. The van der Waals surface area contributed by atoms with Gasteiger partial charge >= 0.3 is 0 Å². The van der Waals surface area contributed by atoms with E-state index < -0.39 is 5.56 Å². The summed E-state index contributed by atoms with van der Waals surface area (Å²) in [5, 5.41) is 12.6. The Bertz CT molecular complexity index is 1030. The topological polar surface area (TPSA) is 114 Å². The first-order valence-electron chi connectivity index (χ1n) is 7.83. The molecule has 2 heterocycles. The van der Waals surface area contributed by atoms with Crippen molar-refractivity contribution in [1.82, 2.24) is 15.3 Å². The highest BCUT2D eigenvalue weighted by molar-refractivity contribution is 8.01. The Morgan fingerprint density at radius 3 is 2.81 bits per heavy atom. The van der Waals surface area contributed by atoms with E-state index in [1.807, 2.05) is 6.07 Å². The van der Waals surface area contributed by atoms with Gasteiger partial charge in [0.15, 0.2) is 21.5 Å². The molecule has 0 saturated heterocycles. The highest BCUT2D eigenvalue weighted by Crippen LogP contribution is 2.32. The summed E-state index contributed by atoms with van der Waals surface area (Å²) >= 11 is 2.45. The molecule has 0 unspecified atom stereocenters. The summed E-state index contributed by atoms with van der Waals surface area (Å²) in [6.45, 7) is 0.355. The third-order valence-corrected chi connectivity index (χ3v) is 5.83. The van der Waals surface area contributed by atoms with E-state index in [-0.39, 0.29) is 17.4 Å². The lowest BCUT2D eigenvalue weighted by molar-refractivity contribution is -0.118. The fourth-order valence-electron chi connectivity index (χ4n) is 2.33. The van der Waals surface area contributed by atoms with Gasteiger partial charge in [0.25, 0.3) is 5.56 Å². The number of methoxy groups -OCH3 is 2. The lowest BCUT2D eigenvalue weighted by atomic mass is 10.2. The Hall–Kier alpha value is -2.72. The molecular weight excluding hydrogens is 390 g/mol. The van der Waals surface area contributed by atoms with E-state index in [4.69, 9.17) is 9.47 Å². The molecule has 0 aliphatic heterocycles. The Labute approximate surface area is 162 Å². The number of amides is 1. The van der Waals surface area contributed by atoms with Crippen LogP contribution in [0, 0.1) is 0 Å². The Balaban J connectivity index is 1.57. The first-order chi connectivity index (χ1) is 13.0. The molecule has 1 aromatic carbocycles. The molecule has 142 valence electrons. The maximum atomic E-state index is 12.1. The number of nitrogens with zero attached hydrogens (tertiary/aromatic N) is 1. The van der Waals surface area contributed by atoms with Gasteiger partial charge in [-0.1, -0.05) is 17.8 Å². The van der Waals surface area contributed by atoms with Crippen LogP contribution in [0.1, 0.15) is 5.56 Å². The zero-order valence-corrected chi connectivity index (χ0v) is 16.2. The molecule has 0 bridgehead atoms. The molecule has 0 aliphatic carbocycles. The van der Waals surface area contributed by atoms with Gasteiger partial charge in [0.2, 0.25) is 5.91 Å². The number of carbonyl (C=O) groups is 1. The van der Waals surface area contributed by atoms with Gasteiger partial charge in [0, 0.05) is 12.6 Å². The van der Waals surface area contributed by atoms with Crippen LogP contribution in [0.2, 0.25) is 0 Å². The largest absolute Gasteiger partial charge is 0.506 e. The second-order valence-electron chi connectivity index (χ2n) is 5.43. The minimum Gasteiger partial charge on any atom is -0.506 e. The molecule has 3 rings (SSSR count). The summed E-state index contributed by atoms with van der Waals surface area (Å²) in [5.74, 6) is 1.11. The number of hydrogen-bond donors (Lipinski definition) is 3. The number of ether oxygens (including phenoxy) is 2. The molecule has 0 radical (unpaired) electrons. The van der Waals surface area contributed by atoms with Gasteiger partial charge in [0.1, 0.15) is 10.4 Å². The molecule has 1 amide bonds. The van der Waals surface area contributed by atoms with Crippen molar-refractivity contribution < 1.29 is 19.4 Å². The van der Waals surface area contributed by atoms with Crippen LogP contribution in [0.4, 0.5) is 0 Å². The van der Waals surface area contributed by atoms with Crippen molar-refractivity contribution in [3.05, 3.63) is 40.2 Å². The van der Waals surface area contributed by atoms with Gasteiger partial charge in [-0.15, -0.1) is 11.3 Å².